The van der Waals surface area contributed by atoms with Crippen LogP contribution in [0.2, 0.25) is 5.02 Å². The fourth-order valence-corrected chi connectivity index (χ4v) is 2.59. The molecule has 0 N–H and O–H groups in total. The molecule has 3 rings (SSSR count). The van der Waals surface area contributed by atoms with Crippen LogP contribution in [0.4, 0.5) is 0 Å². The largest absolute Gasteiger partial charge is 0.249 e. The van der Waals surface area contributed by atoms with Crippen LogP contribution in [-0.2, 0) is 6.32 Å². The maximum Gasteiger partial charge on any atom is 0.109 e. The van der Waals surface area contributed by atoms with Crippen molar-refractivity contribution in [1.82, 2.24) is 9.97 Å². The lowest BCUT2D eigenvalue weighted by molar-refractivity contribution is 1.15. The van der Waals surface area contributed by atoms with Crippen LogP contribution in [-0.4, -0.2) is 17.8 Å². The molecule has 0 bridgehead atoms. The average Bonchev–Trinajstić information content (AvgIpc) is 2.47. The lowest BCUT2D eigenvalue weighted by Gasteiger charge is -2.11. The van der Waals surface area contributed by atoms with E-state index in [1.54, 1.807) is 0 Å². The van der Waals surface area contributed by atoms with E-state index in [2.05, 4.69) is 20.8 Å². The first-order chi connectivity index (χ1) is 9.70. The van der Waals surface area contributed by atoms with Crippen LogP contribution in [0.25, 0.3) is 22.3 Å². The van der Waals surface area contributed by atoms with E-state index in [9.17, 15) is 0 Å². The van der Waals surface area contributed by atoms with Crippen molar-refractivity contribution in [1.29, 1.82) is 0 Å². The van der Waals surface area contributed by atoms with Crippen molar-refractivity contribution in [3.8, 4) is 11.3 Å². The van der Waals surface area contributed by atoms with Crippen molar-refractivity contribution in [3.05, 3.63) is 58.7 Å². The highest BCUT2D eigenvalue weighted by Gasteiger charge is 2.12. The molecule has 0 amide bonds. The van der Waals surface area contributed by atoms with Gasteiger partial charge >= 0.3 is 0 Å². The molecular weight excluding hydrogens is 266 g/mol. The van der Waals surface area contributed by atoms with E-state index >= 15 is 0 Å². The first-order valence-electron chi connectivity index (χ1n) is 6.72. The Labute approximate surface area is 124 Å². The predicted molar refractivity (Wildman–Crippen MR) is 87.0 cm³/mol. The average molecular weight is 281 g/mol. The van der Waals surface area contributed by atoms with Crippen LogP contribution in [0.5, 0.6) is 0 Å². The molecule has 0 radical (unpaired) electrons. The highest BCUT2D eigenvalue weighted by atomic mass is 35.5. The standard InChI is InChI=1S/C16H14BClN2/c1-10-5-4-8-13-15(10)20-14(9-17)16(19-13)11-6-2-3-7-12(11)18/h2-8H,9,17H2,1H3. The minimum absolute atomic E-state index is 0.712. The normalized spacial score (nSPS) is 10.9. The number of benzene rings is 2. The van der Waals surface area contributed by atoms with Crippen molar-refractivity contribution in [2.45, 2.75) is 13.2 Å². The summed E-state index contributed by atoms with van der Waals surface area (Å²) >= 11 is 6.30. The number of fused-ring (bicyclic) bond motifs is 1. The van der Waals surface area contributed by atoms with Crippen molar-refractivity contribution in [2.24, 2.45) is 0 Å². The zero-order chi connectivity index (χ0) is 14.1. The molecular formula is C16H14BClN2. The Bertz CT molecular complexity index is 787. The summed E-state index contributed by atoms with van der Waals surface area (Å²) in [6.45, 7) is 2.06. The van der Waals surface area contributed by atoms with Crippen LogP contribution in [0.15, 0.2) is 42.5 Å². The van der Waals surface area contributed by atoms with Gasteiger partial charge < -0.3 is 0 Å². The van der Waals surface area contributed by atoms with Gasteiger partial charge in [-0.1, -0.05) is 41.9 Å². The van der Waals surface area contributed by atoms with Gasteiger partial charge in [-0.05, 0) is 30.9 Å². The molecule has 20 heavy (non-hydrogen) atoms. The molecule has 98 valence electrons. The molecule has 2 aromatic carbocycles. The molecule has 2 nitrogen and oxygen atoms in total. The second-order valence-electron chi connectivity index (χ2n) is 4.79. The lowest BCUT2D eigenvalue weighted by Crippen LogP contribution is -2.00. The molecule has 0 aliphatic rings. The van der Waals surface area contributed by atoms with Gasteiger partial charge in [-0.15, -0.1) is 0 Å². The van der Waals surface area contributed by atoms with Gasteiger partial charge in [0.05, 0.1) is 27.4 Å². The van der Waals surface area contributed by atoms with E-state index < -0.39 is 0 Å². The Hall–Kier alpha value is -1.87. The molecule has 0 saturated carbocycles. The quantitative estimate of drug-likeness (QED) is 0.673. The molecule has 1 aromatic heterocycles. The van der Waals surface area contributed by atoms with Crippen LogP contribution in [0.3, 0.4) is 0 Å². The number of nitrogens with zero attached hydrogens (tertiary/aromatic N) is 2. The summed E-state index contributed by atoms with van der Waals surface area (Å²) < 4.78 is 0. The van der Waals surface area contributed by atoms with E-state index in [0.29, 0.717) is 5.02 Å². The van der Waals surface area contributed by atoms with Gasteiger partial charge in [-0.2, -0.15) is 0 Å². The van der Waals surface area contributed by atoms with Crippen molar-refractivity contribution in [3.63, 3.8) is 0 Å². The number of aromatic nitrogens is 2. The number of hydrogen-bond acceptors (Lipinski definition) is 2. The number of rotatable bonds is 2. The Morgan fingerprint density at radius 2 is 1.85 bits per heavy atom. The molecule has 3 aromatic rings. The van der Waals surface area contributed by atoms with Gasteiger partial charge in [0.25, 0.3) is 0 Å². The minimum Gasteiger partial charge on any atom is -0.249 e. The second kappa shape index (κ2) is 5.26. The van der Waals surface area contributed by atoms with Gasteiger partial charge in [0.15, 0.2) is 0 Å². The predicted octanol–water partition coefficient (Wildman–Crippen LogP) is 3.39. The fourth-order valence-electron chi connectivity index (χ4n) is 2.37. The molecule has 0 fully saturated rings. The van der Waals surface area contributed by atoms with Gasteiger partial charge in [0.2, 0.25) is 0 Å². The number of aryl methyl sites for hydroxylation is 1. The summed E-state index contributed by atoms with van der Waals surface area (Å²) in [6.07, 6.45) is 0.831. The maximum absolute atomic E-state index is 6.30. The molecule has 0 saturated heterocycles. The molecule has 0 spiro atoms. The molecule has 0 aliphatic heterocycles. The van der Waals surface area contributed by atoms with Crippen LogP contribution < -0.4 is 0 Å². The van der Waals surface area contributed by atoms with E-state index in [0.717, 1.165) is 39.9 Å². The Kier molecular flexibility index (Phi) is 3.45. The highest BCUT2D eigenvalue weighted by molar-refractivity contribution is 6.33. The van der Waals surface area contributed by atoms with E-state index in [-0.39, 0.29) is 0 Å². The van der Waals surface area contributed by atoms with Crippen molar-refractivity contribution >= 4 is 30.5 Å². The molecule has 0 aliphatic carbocycles. The van der Waals surface area contributed by atoms with Gasteiger partial charge in [0, 0.05) is 5.56 Å². The van der Waals surface area contributed by atoms with E-state index in [4.69, 9.17) is 21.6 Å². The summed E-state index contributed by atoms with van der Waals surface area (Å²) in [4.78, 5) is 9.58. The molecule has 1 heterocycles. The minimum atomic E-state index is 0.712. The zero-order valence-electron chi connectivity index (χ0n) is 11.5. The first-order valence-corrected chi connectivity index (χ1v) is 7.09. The smallest absolute Gasteiger partial charge is 0.109 e. The Morgan fingerprint density at radius 3 is 2.60 bits per heavy atom. The summed E-state index contributed by atoms with van der Waals surface area (Å²) in [5, 5.41) is 0.712. The topological polar surface area (TPSA) is 25.8 Å². The summed E-state index contributed by atoms with van der Waals surface area (Å²) in [7, 11) is 2.09. The maximum atomic E-state index is 6.30. The SMILES string of the molecule is BCc1nc2c(C)cccc2nc1-c1ccccc1Cl. The molecule has 0 unspecified atom stereocenters. The number of para-hydroxylation sites is 1. The Morgan fingerprint density at radius 1 is 1.05 bits per heavy atom. The van der Waals surface area contributed by atoms with Gasteiger partial charge in [-0.25, -0.2) is 9.97 Å². The lowest BCUT2D eigenvalue weighted by atomic mass is 9.97. The zero-order valence-corrected chi connectivity index (χ0v) is 12.3. The third kappa shape index (κ3) is 2.18. The molecule has 0 atom stereocenters. The van der Waals surface area contributed by atoms with Crippen molar-refractivity contribution < 1.29 is 0 Å². The third-order valence-electron chi connectivity index (χ3n) is 3.43. The summed E-state index contributed by atoms with van der Waals surface area (Å²) in [6, 6.07) is 13.8. The van der Waals surface area contributed by atoms with Crippen LogP contribution >= 0.6 is 11.6 Å². The van der Waals surface area contributed by atoms with Crippen LogP contribution in [0, 0.1) is 6.92 Å². The Balaban J connectivity index is 2.33. The number of halogens is 1. The van der Waals surface area contributed by atoms with Crippen molar-refractivity contribution in [2.75, 3.05) is 0 Å². The molecule has 4 heteroatoms. The van der Waals surface area contributed by atoms with E-state index in [1.807, 2.05) is 36.4 Å². The first kappa shape index (κ1) is 13.1. The highest BCUT2D eigenvalue weighted by Crippen LogP contribution is 2.30. The van der Waals surface area contributed by atoms with Crippen LogP contribution in [0.1, 0.15) is 11.3 Å². The van der Waals surface area contributed by atoms with E-state index in [1.165, 1.54) is 0 Å². The number of hydrogen-bond donors (Lipinski definition) is 0. The summed E-state index contributed by atoms with van der Waals surface area (Å²) in [5.41, 5.74) is 5.85. The second-order valence-corrected chi connectivity index (χ2v) is 5.20. The third-order valence-corrected chi connectivity index (χ3v) is 3.76. The monoisotopic (exact) mass is 280 g/mol. The summed E-state index contributed by atoms with van der Waals surface area (Å²) in [5.74, 6) is 0. The fraction of sp³-hybridized carbons (Fsp3) is 0.125. The van der Waals surface area contributed by atoms with Gasteiger partial charge in [0.1, 0.15) is 7.85 Å². The van der Waals surface area contributed by atoms with Gasteiger partial charge in [-0.3, -0.25) is 0 Å².